The lowest BCUT2D eigenvalue weighted by atomic mass is 10.2. The Hall–Kier alpha value is -0.220. The van der Waals surface area contributed by atoms with Crippen molar-refractivity contribution in [1.29, 1.82) is 0 Å². The molecular formula is C11H22N2OS. The number of rotatable bonds is 4. The van der Waals surface area contributed by atoms with Gasteiger partial charge in [0.25, 0.3) is 0 Å². The van der Waals surface area contributed by atoms with Gasteiger partial charge in [0.05, 0.1) is 5.75 Å². The third-order valence-electron chi connectivity index (χ3n) is 2.78. The lowest BCUT2D eigenvalue weighted by molar-refractivity contribution is -0.128. The fourth-order valence-electron chi connectivity index (χ4n) is 1.69. The molecule has 1 saturated heterocycles. The summed E-state index contributed by atoms with van der Waals surface area (Å²) in [6, 6.07) is 0. The topological polar surface area (TPSA) is 46.3 Å². The first kappa shape index (κ1) is 12.8. The fraction of sp³-hybridized carbons (Fsp3) is 0.909. The van der Waals surface area contributed by atoms with Crippen molar-refractivity contribution in [2.24, 2.45) is 5.73 Å². The Morgan fingerprint density at radius 3 is 2.47 bits per heavy atom. The number of carbonyl (C=O) groups is 1. The first-order valence-electron chi connectivity index (χ1n) is 5.83. The molecule has 0 spiro atoms. The molecule has 0 bridgehead atoms. The van der Waals surface area contributed by atoms with E-state index in [1.54, 1.807) is 11.8 Å². The molecule has 1 amide bonds. The van der Waals surface area contributed by atoms with Gasteiger partial charge in [-0.3, -0.25) is 4.79 Å². The number of carbonyl (C=O) groups excluding carboxylic acids is 1. The molecule has 1 aliphatic rings. The SMILES string of the molecule is CC(CN)SCC(=O)N1CCCCCC1. The maximum atomic E-state index is 11.8. The summed E-state index contributed by atoms with van der Waals surface area (Å²) in [6.07, 6.45) is 4.89. The Morgan fingerprint density at radius 1 is 1.33 bits per heavy atom. The molecule has 0 radical (unpaired) electrons. The molecule has 15 heavy (non-hydrogen) atoms. The molecule has 2 N–H and O–H groups in total. The Kier molecular flexibility index (Phi) is 6.10. The van der Waals surface area contributed by atoms with E-state index in [1.165, 1.54) is 25.7 Å². The van der Waals surface area contributed by atoms with Crippen molar-refractivity contribution in [2.45, 2.75) is 37.9 Å². The highest BCUT2D eigenvalue weighted by molar-refractivity contribution is 8.00. The zero-order valence-corrected chi connectivity index (χ0v) is 10.4. The number of hydrogen-bond acceptors (Lipinski definition) is 3. The Labute approximate surface area is 96.8 Å². The molecule has 1 fully saturated rings. The van der Waals surface area contributed by atoms with Gasteiger partial charge in [-0.1, -0.05) is 19.8 Å². The number of amides is 1. The van der Waals surface area contributed by atoms with Gasteiger partial charge in [0.15, 0.2) is 0 Å². The molecular weight excluding hydrogens is 208 g/mol. The zero-order chi connectivity index (χ0) is 11.1. The second-order valence-corrected chi connectivity index (χ2v) is 5.58. The second kappa shape index (κ2) is 7.12. The van der Waals surface area contributed by atoms with E-state index in [0.29, 0.717) is 23.5 Å². The predicted octanol–water partition coefficient (Wildman–Crippen LogP) is 1.47. The number of thioether (sulfide) groups is 1. The lowest BCUT2D eigenvalue weighted by Crippen LogP contribution is -2.33. The van der Waals surface area contributed by atoms with Crippen molar-refractivity contribution in [1.82, 2.24) is 4.90 Å². The summed E-state index contributed by atoms with van der Waals surface area (Å²) in [5.74, 6) is 0.889. The van der Waals surface area contributed by atoms with E-state index < -0.39 is 0 Å². The van der Waals surface area contributed by atoms with Crippen LogP contribution in [-0.2, 0) is 4.79 Å². The average molecular weight is 230 g/mol. The van der Waals surface area contributed by atoms with Gasteiger partial charge >= 0.3 is 0 Å². The van der Waals surface area contributed by atoms with E-state index in [4.69, 9.17) is 5.73 Å². The Bertz CT molecular complexity index is 191. The number of hydrogen-bond donors (Lipinski definition) is 1. The molecule has 88 valence electrons. The maximum absolute atomic E-state index is 11.8. The van der Waals surface area contributed by atoms with Crippen LogP contribution in [0.5, 0.6) is 0 Å². The number of nitrogens with zero attached hydrogens (tertiary/aromatic N) is 1. The van der Waals surface area contributed by atoms with Gasteiger partial charge in [0.2, 0.25) is 5.91 Å². The first-order chi connectivity index (χ1) is 7.24. The van der Waals surface area contributed by atoms with E-state index in [1.807, 2.05) is 4.90 Å². The highest BCUT2D eigenvalue weighted by Gasteiger charge is 2.15. The number of likely N-dealkylation sites (tertiary alicyclic amines) is 1. The largest absolute Gasteiger partial charge is 0.342 e. The molecule has 1 heterocycles. The molecule has 1 rings (SSSR count). The van der Waals surface area contributed by atoms with E-state index in [9.17, 15) is 4.79 Å². The van der Waals surface area contributed by atoms with Crippen molar-refractivity contribution in [2.75, 3.05) is 25.4 Å². The van der Waals surface area contributed by atoms with Crippen molar-refractivity contribution in [3.05, 3.63) is 0 Å². The van der Waals surface area contributed by atoms with Gasteiger partial charge in [-0.15, -0.1) is 11.8 Å². The second-order valence-electron chi connectivity index (χ2n) is 4.15. The van der Waals surface area contributed by atoms with Gasteiger partial charge in [0, 0.05) is 24.9 Å². The molecule has 0 saturated carbocycles. The molecule has 0 aliphatic carbocycles. The van der Waals surface area contributed by atoms with Gasteiger partial charge in [-0.25, -0.2) is 0 Å². The summed E-state index contributed by atoms with van der Waals surface area (Å²) < 4.78 is 0. The van der Waals surface area contributed by atoms with Crippen LogP contribution in [0.15, 0.2) is 0 Å². The first-order valence-corrected chi connectivity index (χ1v) is 6.88. The summed E-state index contributed by atoms with van der Waals surface area (Å²) in [5.41, 5.74) is 5.52. The summed E-state index contributed by atoms with van der Waals surface area (Å²) >= 11 is 1.67. The molecule has 3 nitrogen and oxygen atoms in total. The average Bonchev–Trinajstić information content (AvgIpc) is 2.53. The van der Waals surface area contributed by atoms with Crippen LogP contribution >= 0.6 is 11.8 Å². The van der Waals surface area contributed by atoms with Crippen LogP contribution in [0.25, 0.3) is 0 Å². The molecule has 0 aromatic rings. The van der Waals surface area contributed by atoms with E-state index >= 15 is 0 Å². The molecule has 1 atom stereocenters. The minimum atomic E-state index is 0.294. The smallest absolute Gasteiger partial charge is 0.232 e. The van der Waals surface area contributed by atoms with Gasteiger partial charge in [-0.05, 0) is 12.8 Å². The maximum Gasteiger partial charge on any atom is 0.232 e. The van der Waals surface area contributed by atoms with Crippen LogP contribution < -0.4 is 5.73 Å². The van der Waals surface area contributed by atoms with Crippen molar-refractivity contribution in [3.63, 3.8) is 0 Å². The standard InChI is InChI=1S/C11H22N2OS/c1-10(8-12)15-9-11(14)13-6-4-2-3-5-7-13/h10H,2-9,12H2,1H3. The highest BCUT2D eigenvalue weighted by atomic mass is 32.2. The van der Waals surface area contributed by atoms with Gasteiger partial charge in [0.1, 0.15) is 0 Å². The van der Waals surface area contributed by atoms with Crippen molar-refractivity contribution < 1.29 is 4.79 Å². The van der Waals surface area contributed by atoms with E-state index in [-0.39, 0.29) is 0 Å². The van der Waals surface area contributed by atoms with Crippen molar-refractivity contribution in [3.8, 4) is 0 Å². The third-order valence-corrected chi connectivity index (χ3v) is 3.96. The molecule has 1 aliphatic heterocycles. The Morgan fingerprint density at radius 2 is 1.93 bits per heavy atom. The number of nitrogens with two attached hydrogens (primary N) is 1. The fourth-order valence-corrected chi connectivity index (χ4v) is 2.44. The summed E-state index contributed by atoms with van der Waals surface area (Å²) in [6.45, 7) is 4.63. The normalized spacial score (nSPS) is 19.7. The summed E-state index contributed by atoms with van der Waals surface area (Å²) in [7, 11) is 0. The third kappa shape index (κ3) is 4.89. The summed E-state index contributed by atoms with van der Waals surface area (Å²) in [4.78, 5) is 13.9. The lowest BCUT2D eigenvalue weighted by Gasteiger charge is -2.20. The quantitative estimate of drug-likeness (QED) is 0.795. The Balaban J connectivity index is 2.25. The van der Waals surface area contributed by atoms with Crippen LogP contribution in [0.3, 0.4) is 0 Å². The van der Waals surface area contributed by atoms with Crippen LogP contribution in [0, 0.1) is 0 Å². The minimum absolute atomic E-state index is 0.294. The monoisotopic (exact) mass is 230 g/mol. The van der Waals surface area contributed by atoms with Gasteiger partial charge < -0.3 is 10.6 Å². The highest BCUT2D eigenvalue weighted by Crippen LogP contribution is 2.13. The van der Waals surface area contributed by atoms with Crippen LogP contribution in [0.2, 0.25) is 0 Å². The summed E-state index contributed by atoms with van der Waals surface area (Å²) in [5, 5.41) is 0.390. The van der Waals surface area contributed by atoms with Gasteiger partial charge in [-0.2, -0.15) is 0 Å². The minimum Gasteiger partial charge on any atom is -0.342 e. The molecule has 1 unspecified atom stereocenters. The van der Waals surface area contributed by atoms with E-state index in [2.05, 4.69) is 6.92 Å². The van der Waals surface area contributed by atoms with Crippen molar-refractivity contribution >= 4 is 17.7 Å². The van der Waals surface area contributed by atoms with Crippen LogP contribution in [0.4, 0.5) is 0 Å². The van der Waals surface area contributed by atoms with E-state index in [0.717, 1.165) is 13.1 Å². The molecule has 0 aromatic heterocycles. The molecule has 4 heteroatoms. The molecule has 0 aromatic carbocycles. The predicted molar refractivity (Wildman–Crippen MR) is 66.0 cm³/mol. The van der Waals surface area contributed by atoms with Crippen LogP contribution in [-0.4, -0.2) is 41.4 Å². The van der Waals surface area contributed by atoms with Crippen LogP contribution in [0.1, 0.15) is 32.6 Å². The zero-order valence-electron chi connectivity index (χ0n) is 9.58.